The summed E-state index contributed by atoms with van der Waals surface area (Å²) in [6, 6.07) is 5.44. The minimum atomic E-state index is -0.296. The maximum Gasteiger partial charge on any atom is 0.228 e. The molecule has 25 heavy (non-hydrogen) atoms. The Bertz CT molecular complexity index is 824. The molecule has 2 heterocycles. The number of nitrogens with zero attached hydrogens (tertiary/aromatic N) is 3. The summed E-state index contributed by atoms with van der Waals surface area (Å²) in [6.07, 6.45) is 0.274. The van der Waals surface area contributed by atoms with Crippen LogP contribution in [-0.4, -0.2) is 50.7 Å². The van der Waals surface area contributed by atoms with Crippen LogP contribution in [-0.2, 0) is 16.1 Å². The Balaban J connectivity index is 1.69. The van der Waals surface area contributed by atoms with E-state index in [2.05, 4.69) is 9.97 Å². The molecule has 0 aliphatic carbocycles. The number of hydrogen-bond acceptors (Lipinski definition) is 3. The highest BCUT2D eigenvalue weighted by atomic mass is 35.5. The maximum absolute atomic E-state index is 12.7. The molecule has 2 aromatic rings. The number of rotatable bonds is 3. The fraction of sp³-hybridized carbons (Fsp3) is 0.500. The zero-order valence-corrected chi connectivity index (χ0v) is 15.7. The van der Waals surface area contributed by atoms with Crippen molar-refractivity contribution in [3.8, 4) is 0 Å². The first kappa shape index (κ1) is 17.7. The largest absolute Gasteiger partial charge is 0.340 e. The number of aromatic amines is 1. The molecule has 2 amide bonds. The number of likely N-dealkylation sites (tertiary alicyclic amines) is 1. The first-order valence-electron chi connectivity index (χ1n) is 8.35. The van der Waals surface area contributed by atoms with Gasteiger partial charge in [0.1, 0.15) is 5.82 Å². The van der Waals surface area contributed by atoms with E-state index in [1.165, 1.54) is 0 Å². The first-order valence-corrected chi connectivity index (χ1v) is 8.72. The molecule has 0 saturated carbocycles. The van der Waals surface area contributed by atoms with Gasteiger partial charge >= 0.3 is 0 Å². The molecule has 0 radical (unpaired) electrons. The van der Waals surface area contributed by atoms with Crippen molar-refractivity contribution < 1.29 is 9.59 Å². The molecule has 1 N–H and O–H groups in total. The molecule has 1 fully saturated rings. The third-order valence-corrected chi connectivity index (χ3v) is 4.78. The fourth-order valence-corrected chi connectivity index (χ4v) is 3.42. The van der Waals surface area contributed by atoms with Crippen molar-refractivity contribution in [2.75, 3.05) is 13.6 Å². The quantitative estimate of drug-likeness (QED) is 0.912. The van der Waals surface area contributed by atoms with Gasteiger partial charge < -0.3 is 14.8 Å². The third-order valence-electron chi connectivity index (χ3n) is 4.54. The number of imidazole rings is 1. The second-order valence-corrected chi connectivity index (χ2v) is 8.05. The predicted octanol–water partition coefficient (Wildman–Crippen LogP) is 2.82. The maximum atomic E-state index is 12.7. The Morgan fingerprint density at radius 2 is 2.16 bits per heavy atom. The zero-order valence-electron chi connectivity index (χ0n) is 15.0. The van der Waals surface area contributed by atoms with Crippen molar-refractivity contribution in [1.82, 2.24) is 19.8 Å². The van der Waals surface area contributed by atoms with Gasteiger partial charge in [-0.3, -0.25) is 9.59 Å². The van der Waals surface area contributed by atoms with Crippen molar-refractivity contribution in [3.05, 3.63) is 29.0 Å². The predicted molar refractivity (Wildman–Crippen MR) is 97.2 cm³/mol. The van der Waals surface area contributed by atoms with Gasteiger partial charge in [-0.05, 0) is 39.0 Å². The molecule has 0 spiro atoms. The molecule has 1 unspecified atom stereocenters. The Morgan fingerprint density at radius 1 is 1.44 bits per heavy atom. The van der Waals surface area contributed by atoms with Crippen LogP contribution < -0.4 is 0 Å². The van der Waals surface area contributed by atoms with Gasteiger partial charge in [0.05, 0.1) is 23.5 Å². The Labute approximate surface area is 152 Å². The molecular formula is C18H23ClN4O2. The molecule has 1 saturated heterocycles. The molecule has 1 atom stereocenters. The fourth-order valence-electron chi connectivity index (χ4n) is 3.24. The highest BCUT2D eigenvalue weighted by Gasteiger charge is 2.40. The Morgan fingerprint density at radius 3 is 2.80 bits per heavy atom. The number of halogens is 1. The van der Waals surface area contributed by atoms with Crippen LogP contribution in [0.5, 0.6) is 0 Å². The number of aromatic nitrogens is 2. The van der Waals surface area contributed by atoms with E-state index in [4.69, 9.17) is 11.6 Å². The molecule has 134 valence electrons. The van der Waals surface area contributed by atoms with Crippen LogP contribution in [0.15, 0.2) is 18.2 Å². The molecule has 1 aromatic heterocycles. The third kappa shape index (κ3) is 3.63. The minimum absolute atomic E-state index is 0.0291. The average Bonchev–Trinajstić information content (AvgIpc) is 3.08. The van der Waals surface area contributed by atoms with Gasteiger partial charge in [-0.1, -0.05) is 11.6 Å². The number of amides is 2. The van der Waals surface area contributed by atoms with Crippen LogP contribution in [0.1, 0.15) is 33.0 Å². The van der Waals surface area contributed by atoms with Crippen molar-refractivity contribution in [1.29, 1.82) is 0 Å². The van der Waals surface area contributed by atoms with E-state index in [0.29, 0.717) is 23.9 Å². The zero-order chi connectivity index (χ0) is 18.4. The Kier molecular flexibility index (Phi) is 4.49. The molecule has 6 nitrogen and oxygen atoms in total. The highest BCUT2D eigenvalue weighted by molar-refractivity contribution is 6.31. The van der Waals surface area contributed by atoms with Gasteiger partial charge in [0, 0.05) is 30.6 Å². The normalized spacial score (nSPS) is 18.2. The van der Waals surface area contributed by atoms with Crippen molar-refractivity contribution >= 4 is 34.4 Å². The van der Waals surface area contributed by atoms with E-state index >= 15 is 0 Å². The van der Waals surface area contributed by atoms with Gasteiger partial charge in [-0.2, -0.15) is 0 Å². The SMILES string of the molecule is CN(Cc1nc2ccc(Cl)cc2[nH]1)C(=O)C1CC(=O)N(C(C)(C)C)C1. The lowest BCUT2D eigenvalue weighted by Crippen LogP contribution is -2.43. The van der Waals surface area contributed by atoms with E-state index in [-0.39, 0.29) is 29.7 Å². The molecule has 1 aliphatic heterocycles. The van der Waals surface area contributed by atoms with E-state index in [0.717, 1.165) is 11.0 Å². The van der Waals surface area contributed by atoms with Crippen LogP contribution in [0.25, 0.3) is 11.0 Å². The van der Waals surface area contributed by atoms with Gasteiger partial charge in [0.15, 0.2) is 0 Å². The molecule has 1 aromatic carbocycles. The first-order chi connectivity index (χ1) is 11.6. The van der Waals surface area contributed by atoms with Gasteiger partial charge in [-0.15, -0.1) is 0 Å². The van der Waals surface area contributed by atoms with Crippen molar-refractivity contribution in [2.24, 2.45) is 5.92 Å². The summed E-state index contributed by atoms with van der Waals surface area (Å²) in [5.74, 6) is 0.414. The number of benzene rings is 1. The molecule has 1 aliphatic rings. The second-order valence-electron chi connectivity index (χ2n) is 7.62. The molecule has 0 bridgehead atoms. The monoisotopic (exact) mass is 362 g/mol. The summed E-state index contributed by atoms with van der Waals surface area (Å²) >= 11 is 5.99. The highest BCUT2D eigenvalue weighted by Crippen LogP contribution is 2.27. The van der Waals surface area contributed by atoms with E-state index in [9.17, 15) is 9.59 Å². The smallest absolute Gasteiger partial charge is 0.228 e. The van der Waals surface area contributed by atoms with Crippen LogP contribution in [0.3, 0.4) is 0 Å². The van der Waals surface area contributed by atoms with Crippen LogP contribution >= 0.6 is 11.6 Å². The van der Waals surface area contributed by atoms with Gasteiger partial charge in [0.25, 0.3) is 0 Å². The summed E-state index contributed by atoms with van der Waals surface area (Å²) in [7, 11) is 1.74. The van der Waals surface area contributed by atoms with Crippen LogP contribution in [0, 0.1) is 5.92 Å². The lowest BCUT2D eigenvalue weighted by Gasteiger charge is -2.32. The van der Waals surface area contributed by atoms with Gasteiger partial charge in [0.2, 0.25) is 11.8 Å². The lowest BCUT2D eigenvalue weighted by molar-refractivity contribution is -0.135. The summed E-state index contributed by atoms with van der Waals surface area (Å²) in [5.41, 5.74) is 1.40. The molecule has 3 rings (SSSR count). The van der Waals surface area contributed by atoms with Crippen molar-refractivity contribution in [2.45, 2.75) is 39.3 Å². The van der Waals surface area contributed by atoms with Crippen LogP contribution in [0.4, 0.5) is 0 Å². The second kappa shape index (κ2) is 6.33. The summed E-state index contributed by atoms with van der Waals surface area (Å²) in [5, 5.41) is 0.638. The Hall–Kier alpha value is -2.08. The number of carbonyl (C=O) groups is 2. The van der Waals surface area contributed by atoms with Crippen LogP contribution in [0.2, 0.25) is 5.02 Å². The summed E-state index contributed by atoms with van der Waals surface area (Å²) in [4.78, 5) is 36.0. The van der Waals surface area contributed by atoms with Gasteiger partial charge in [-0.25, -0.2) is 4.98 Å². The number of H-pyrrole nitrogens is 1. The minimum Gasteiger partial charge on any atom is -0.340 e. The van der Waals surface area contributed by atoms with E-state index < -0.39 is 0 Å². The topological polar surface area (TPSA) is 69.3 Å². The summed E-state index contributed by atoms with van der Waals surface area (Å²) < 4.78 is 0. The standard InChI is InChI=1S/C18H23ClN4O2/c1-18(2,3)23-9-11(7-16(23)24)17(25)22(4)10-15-20-13-6-5-12(19)8-14(13)21-15/h5-6,8,11H,7,9-10H2,1-4H3,(H,20,21). The van der Waals surface area contributed by atoms with E-state index in [1.54, 1.807) is 22.9 Å². The number of fused-ring (bicyclic) bond motifs is 1. The number of hydrogen-bond donors (Lipinski definition) is 1. The van der Waals surface area contributed by atoms with E-state index in [1.807, 2.05) is 32.9 Å². The number of nitrogens with one attached hydrogen (secondary N) is 1. The number of carbonyl (C=O) groups excluding carboxylic acids is 2. The molecule has 7 heteroatoms. The average molecular weight is 363 g/mol. The molecular weight excluding hydrogens is 340 g/mol. The summed E-state index contributed by atoms with van der Waals surface area (Å²) in [6.45, 7) is 6.80. The lowest BCUT2D eigenvalue weighted by atomic mass is 10.1. The van der Waals surface area contributed by atoms with Crippen molar-refractivity contribution in [3.63, 3.8) is 0 Å².